The smallest absolute Gasteiger partial charge is 0.140 e. The zero-order chi connectivity index (χ0) is 21.7. The standard InChI is InChI=1S/C21H29ClN6OSi/c1-24-12-16(11-23)15-5-6-18-17(9-15)21(19-10-20(22)26-13-25-19)28(27-18)14-29-7-8-30(2,3)4/h5-6,9-10,12-13,24H,7-8,11,14,23H2,1-4H3/b16-12+. The first-order valence-electron chi connectivity index (χ1n) is 9.95. The highest BCUT2D eigenvalue weighted by atomic mass is 35.5. The van der Waals surface area contributed by atoms with E-state index < -0.39 is 8.07 Å². The summed E-state index contributed by atoms with van der Waals surface area (Å²) in [6.45, 7) is 8.49. The number of benzene rings is 1. The molecular formula is C21H29ClN6OSi. The Bertz CT molecular complexity index is 1040. The van der Waals surface area contributed by atoms with Crippen molar-refractivity contribution in [1.82, 2.24) is 25.1 Å². The van der Waals surface area contributed by atoms with Crippen LogP contribution in [0.1, 0.15) is 5.56 Å². The Labute approximate surface area is 183 Å². The van der Waals surface area contributed by atoms with Gasteiger partial charge in [0.2, 0.25) is 0 Å². The summed E-state index contributed by atoms with van der Waals surface area (Å²) in [7, 11) is 0.698. The number of nitrogens with one attached hydrogen (secondary N) is 1. The molecule has 9 heteroatoms. The molecule has 0 aliphatic rings. The highest BCUT2D eigenvalue weighted by Crippen LogP contribution is 2.30. The highest BCUT2D eigenvalue weighted by Gasteiger charge is 2.17. The molecule has 0 radical (unpaired) electrons. The van der Waals surface area contributed by atoms with Crippen LogP contribution < -0.4 is 11.1 Å². The van der Waals surface area contributed by atoms with E-state index in [0.717, 1.165) is 33.8 Å². The van der Waals surface area contributed by atoms with E-state index in [-0.39, 0.29) is 0 Å². The number of hydrogen-bond donors (Lipinski definition) is 2. The number of nitrogens with zero attached hydrogens (tertiary/aromatic N) is 4. The lowest BCUT2D eigenvalue weighted by molar-refractivity contribution is 0.0802. The summed E-state index contributed by atoms with van der Waals surface area (Å²) in [6, 6.07) is 8.95. The van der Waals surface area contributed by atoms with Gasteiger partial charge in [0.15, 0.2) is 0 Å². The van der Waals surface area contributed by atoms with Crippen LogP contribution in [-0.4, -0.2) is 48.0 Å². The summed E-state index contributed by atoms with van der Waals surface area (Å²) in [5.41, 5.74) is 10.4. The van der Waals surface area contributed by atoms with Gasteiger partial charge in [0.25, 0.3) is 0 Å². The minimum atomic E-state index is -1.16. The summed E-state index contributed by atoms with van der Waals surface area (Å²) in [5, 5.41) is 9.16. The third kappa shape index (κ3) is 5.45. The van der Waals surface area contributed by atoms with Gasteiger partial charge in [-0.3, -0.25) is 0 Å². The van der Waals surface area contributed by atoms with Gasteiger partial charge in [-0.05, 0) is 29.3 Å². The Kier molecular flexibility index (Phi) is 7.25. The van der Waals surface area contributed by atoms with E-state index in [1.807, 2.05) is 30.1 Å². The van der Waals surface area contributed by atoms with Gasteiger partial charge in [0.05, 0.1) is 16.9 Å². The molecule has 0 unspecified atom stereocenters. The summed E-state index contributed by atoms with van der Waals surface area (Å²) >= 11 is 6.15. The maximum Gasteiger partial charge on any atom is 0.140 e. The lowest BCUT2D eigenvalue weighted by Gasteiger charge is -2.15. The van der Waals surface area contributed by atoms with Crippen molar-refractivity contribution in [2.45, 2.75) is 32.4 Å². The Morgan fingerprint density at radius 1 is 1.27 bits per heavy atom. The van der Waals surface area contributed by atoms with Crippen LogP contribution in [0, 0.1) is 0 Å². The molecule has 160 valence electrons. The van der Waals surface area contributed by atoms with E-state index in [1.54, 1.807) is 6.07 Å². The summed E-state index contributed by atoms with van der Waals surface area (Å²) < 4.78 is 7.82. The van der Waals surface area contributed by atoms with E-state index in [4.69, 9.17) is 27.2 Å². The average Bonchev–Trinajstić information content (AvgIpc) is 3.06. The van der Waals surface area contributed by atoms with Gasteiger partial charge in [-0.25, -0.2) is 14.6 Å². The maximum atomic E-state index is 6.15. The highest BCUT2D eigenvalue weighted by molar-refractivity contribution is 6.76. The molecule has 0 amide bonds. The minimum absolute atomic E-state index is 0.349. The van der Waals surface area contributed by atoms with E-state index in [2.05, 4.69) is 41.0 Å². The molecule has 7 nitrogen and oxygen atoms in total. The van der Waals surface area contributed by atoms with E-state index in [9.17, 15) is 0 Å². The second kappa shape index (κ2) is 9.70. The number of fused-ring (bicyclic) bond motifs is 1. The number of hydrogen-bond acceptors (Lipinski definition) is 6. The zero-order valence-corrected chi connectivity index (χ0v) is 19.7. The van der Waals surface area contributed by atoms with Crippen LogP contribution >= 0.6 is 11.6 Å². The molecule has 3 N–H and O–H groups in total. The molecule has 0 saturated carbocycles. The number of ether oxygens (including phenoxy) is 1. The third-order valence-corrected chi connectivity index (χ3v) is 6.64. The molecular weight excluding hydrogens is 416 g/mol. The maximum absolute atomic E-state index is 6.15. The van der Waals surface area contributed by atoms with E-state index in [0.29, 0.717) is 30.7 Å². The third-order valence-electron chi connectivity index (χ3n) is 4.73. The SMILES string of the molecule is CN/C=C(\CN)c1ccc2nn(COCC[Si](C)(C)C)c(-c3cc(Cl)ncn3)c2c1. The van der Waals surface area contributed by atoms with Crippen LogP contribution in [0.4, 0.5) is 0 Å². The quantitative estimate of drug-likeness (QED) is 0.294. The van der Waals surface area contributed by atoms with Crippen molar-refractivity contribution in [1.29, 1.82) is 0 Å². The van der Waals surface area contributed by atoms with Crippen molar-refractivity contribution in [3.63, 3.8) is 0 Å². The van der Waals surface area contributed by atoms with Gasteiger partial charge >= 0.3 is 0 Å². The molecule has 0 saturated heterocycles. The number of aromatic nitrogens is 4. The average molecular weight is 445 g/mol. The predicted molar refractivity (Wildman–Crippen MR) is 126 cm³/mol. The molecule has 2 heterocycles. The van der Waals surface area contributed by atoms with Gasteiger partial charge in [-0.15, -0.1) is 0 Å². The van der Waals surface area contributed by atoms with Crippen molar-refractivity contribution in [3.8, 4) is 11.4 Å². The second-order valence-electron chi connectivity index (χ2n) is 8.32. The lowest BCUT2D eigenvalue weighted by atomic mass is 10.0. The monoisotopic (exact) mass is 444 g/mol. The fourth-order valence-electron chi connectivity index (χ4n) is 3.12. The van der Waals surface area contributed by atoms with Gasteiger partial charge in [0, 0.05) is 45.9 Å². The summed E-state index contributed by atoms with van der Waals surface area (Å²) in [4.78, 5) is 8.44. The largest absolute Gasteiger partial charge is 0.394 e. The van der Waals surface area contributed by atoms with Crippen molar-refractivity contribution in [3.05, 3.63) is 47.5 Å². The molecule has 1 aromatic carbocycles. The molecule has 0 spiro atoms. The molecule has 30 heavy (non-hydrogen) atoms. The summed E-state index contributed by atoms with van der Waals surface area (Å²) in [6.07, 6.45) is 3.37. The van der Waals surface area contributed by atoms with E-state index in [1.165, 1.54) is 6.33 Å². The van der Waals surface area contributed by atoms with Crippen molar-refractivity contribution in [2.75, 3.05) is 20.2 Å². The van der Waals surface area contributed by atoms with Crippen LogP contribution in [0.2, 0.25) is 30.8 Å². The molecule has 0 fully saturated rings. The first-order valence-corrected chi connectivity index (χ1v) is 14.0. The van der Waals surface area contributed by atoms with Crippen LogP contribution in [0.25, 0.3) is 27.9 Å². The molecule has 3 rings (SSSR count). The van der Waals surface area contributed by atoms with Gasteiger partial charge in [0.1, 0.15) is 18.2 Å². The minimum Gasteiger partial charge on any atom is -0.394 e. The zero-order valence-electron chi connectivity index (χ0n) is 17.9. The Morgan fingerprint density at radius 3 is 2.73 bits per heavy atom. The topological polar surface area (TPSA) is 90.9 Å². The van der Waals surface area contributed by atoms with Crippen molar-refractivity contribution >= 4 is 36.2 Å². The molecule has 3 aromatic rings. The Morgan fingerprint density at radius 2 is 2.07 bits per heavy atom. The van der Waals surface area contributed by atoms with Crippen LogP contribution in [0.3, 0.4) is 0 Å². The first kappa shape index (κ1) is 22.4. The van der Waals surface area contributed by atoms with Gasteiger partial charge in [-0.1, -0.05) is 37.3 Å². The van der Waals surface area contributed by atoms with Crippen LogP contribution in [-0.2, 0) is 11.5 Å². The predicted octanol–water partition coefficient (Wildman–Crippen LogP) is 3.98. The van der Waals surface area contributed by atoms with Crippen molar-refractivity contribution < 1.29 is 4.74 Å². The number of rotatable bonds is 9. The van der Waals surface area contributed by atoms with Gasteiger partial charge < -0.3 is 15.8 Å². The normalized spacial score (nSPS) is 12.5. The van der Waals surface area contributed by atoms with E-state index >= 15 is 0 Å². The Balaban J connectivity index is 2.04. The Hall–Kier alpha value is -2.26. The first-order chi connectivity index (χ1) is 14.3. The molecule has 0 atom stereocenters. The fraction of sp³-hybridized carbons (Fsp3) is 0.381. The second-order valence-corrected chi connectivity index (χ2v) is 14.3. The number of nitrogens with two attached hydrogens (primary N) is 1. The fourth-order valence-corrected chi connectivity index (χ4v) is 4.03. The molecule has 0 aliphatic carbocycles. The molecule has 0 aliphatic heterocycles. The van der Waals surface area contributed by atoms with Gasteiger partial charge in [-0.2, -0.15) is 5.10 Å². The van der Waals surface area contributed by atoms with Crippen molar-refractivity contribution in [2.24, 2.45) is 5.73 Å². The summed E-state index contributed by atoms with van der Waals surface area (Å²) in [5.74, 6) is 0. The molecule has 2 aromatic heterocycles. The number of halogens is 1. The van der Waals surface area contributed by atoms with Crippen LogP contribution in [0.15, 0.2) is 36.8 Å². The molecule has 0 bridgehead atoms. The van der Waals surface area contributed by atoms with Crippen LogP contribution in [0.5, 0.6) is 0 Å². The lowest BCUT2D eigenvalue weighted by Crippen LogP contribution is -2.22.